The summed E-state index contributed by atoms with van der Waals surface area (Å²) in [7, 11) is 1.60. The van der Waals surface area contributed by atoms with E-state index in [-0.39, 0.29) is 12.3 Å². The van der Waals surface area contributed by atoms with E-state index < -0.39 is 0 Å². The molecule has 1 fully saturated rings. The van der Waals surface area contributed by atoms with E-state index >= 15 is 0 Å². The van der Waals surface area contributed by atoms with Gasteiger partial charge in [0.25, 0.3) is 0 Å². The molecule has 5 nitrogen and oxygen atoms in total. The molecule has 2 aliphatic rings. The van der Waals surface area contributed by atoms with Gasteiger partial charge in [0.15, 0.2) is 6.23 Å². The fourth-order valence-electron chi connectivity index (χ4n) is 1.23. The molecule has 2 aliphatic heterocycles. The van der Waals surface area contributed by atoms with Crippen molar-refractivity contribution in [2.75, 3.05) is 20.3 Å². The summed E-state index contributed by atoms with van der Waals surface area (Å²) in [4.78, 5) is 11.0. The topological polar surface area (TPSA) is 42.0 Å². The third-order valence-electron chi connectivity index (χ3n) is 1.92. The van der Waals surface area contributed by atoms with Crippen LogP contribution in [0, 0.1) is 0 Å². The van der Waals surface area contributed by atoms with E-state index in [2.05, 4.69) is 0 Å². The van der Waals surface area contributed by atoms with Crippen molar-refractivity contribution in [2.24, 2.45) is 0 Å². The van der Waals surface area contributed by atoms with Crippen LogP contribution in [-0.2, 0) is 9.47 Å². The molecule has 5 heteroatoms. The molecule has 2 heterocycles. The molecule has 0 saturated carbocycles. The molecule has 66 valence electrons. The molecule has 0 aromatic heterocycles. The van der Waals surface area contributed by atoms with Crippen LogP contribution in [0.2, 0.25) is 0 Å². The maximum Gasteiger partial charge on any atom is 0.429 e. The zero-order valence-electron chi connectivity index (χ0n) is 6.77. The summed E-state index contributed by atoms with van der Waals surface area (Å²) in [6, 6.07) is 0. The Hall–Kier alpha value is -1.23. The van der Waals surface area contributed by atoms with Crippen molar-refractivity contribution in [3.63, 3.8) is 0 Å². The maximum absolute atomic E-state index is 11.0. The Labute approximate surface area is 70.1 Å². The van der Waals surface area contributed by atoms with Crippen LogP contribution in [0.1, 0.15) is 0 Å². The fourth-order valence-corrected chi connectivity index (χ4v) is 1.23. The van der Waals surface area contributed by atoms with Gasteiger partial charge in [-0.3, -0.25) is 5.01 Å². The number of carbonyl (C=O) groups excluding carboxylic acids is 1. The minimum Gasteiger partial charge on any atom is -0.446 e. The normalized spacial score (nSPS) is 27.4. The van der Waals surface area contributed by atoms with Crippen molar-refractivity contribution in [1.29, 1.82) is 0 Å². The summed E-state index contributed by atoms with van der Waals surface area (Å²) in [6.07, 6.45) is 3.24. The molecule has 0 spiro atoms. The van der Waals surface area contributed by atoms with Gasteiger partial charge >= 0.3 is 6.09 Å². The lowest BCUT2D eigenvalue weighted by molar-refractivity contribution is -0.0892. The summed E-state index contributed by atoms with van der Waals surface area (Å²) in [5.41, 5.74) is 0. The average Bonchev–Trinajstić information content (AvgIpc) is 2.36. The van der Waals surface area contributed by atoms with Gasteiger partial charge in [-0.05, 0) is 6.08 Å². The Morgan fingerprint density at radius 3 is 3.00 bits per heavy atom. The Morgan fingerprint density at radius 2 is 2.58 bits per heavy atom. The Balaban J connectivity index is 2.01. The van der Waals surface area contributed by atoms with Crippen LogP contribution < -0.4 is 0 Å². The molecule has 0 aliphatic carbocycles. The quantitative estimate of drug-likeness (QED) is 0.591. The van der Waals surface area contributed by atoms with Gasteiger partial charge in [-0.2, -0.15) is 0 Å². The number of cyclic esters (lactones) is 1. The molecule has 1 saturated heterocycles. The van der Waals surface area contributed by atoms with Gasteiger partial charge in [0.05, 0.1) is 6.54 Å². The van der Waals surface area contributed by atoms with Crippen molar-refractivity contribution >= 4 is 6.09 Å². The van der Waals surface area contributed by atoms with Crippen LogP contribution in [0.4, 0.5) is 4.79 Å². The zero-order chi connectivity index (χ0) is 8.55. The van der Waals surface area contributed by atoms with Crippen molar-refractivity contribution in [2.45, 2.75) is 6.23 Å². The number of carbonyl (C=O) groups is 1. The summed E-state index contributed by atoms with van der Waals surface area (Å²) < 4.78 is 9.82. The molecule has 1 unspecified atom stereocenters. The number of hydrogen-bond donors (Lipinski definition) is 0. The first-order valence-corrected chi connectivity index (χ1v) is 3.76. The van der Waals surface area contributed by atoms with Crippen molar-refractivity contribution in [3.8, 4) is 0 Å². The molecule has 0 aromatic rings. The van der Waals surface area contributed by atoms with Crippen molar-refractivity contribution < 1.29 is 14.3 Å². The predicted molar refractivity (Wildman–Crippen MR) is 39.8 cm³/mol. The van der Waals surface area contributed by atoms with Gasteiger partial charge < -0.3 is 9.47 Å². The summed E-state index contributed by atoms with van der Waals surface area (Å²) in [6.45, 7) is 1.06. The first-order chi connectivity index (χ1) is 5.83. The van der Waals surface area contributed by atoms with E-state index in [1.165, 1.54) is 5.01 Å². The lowest BCUT2D eigenvalue weighted by atomic mass is 10.4. The minimum absolute atomic E-state index is 0.115. The summed E-state index contributed by atoms with van der Waals surface area (Å²) in [5, 5.41) is 3.24. The third-order valence-corrected chi connectivity index (χ3v) is 1.92. The van der Waals surface area contributed by atoms with Crippen molar-refractivity contribution in [3.05, 3.63) is 12.3 Å². The van der Waals surface area contributed by atoms with E-state index in [0.717, 1.165) is 0 Å². The number of nitrogens with zero attached hydrogens (tertiary/aromatic N) is 2. The summed E-state index contributed by atoms with van der Waals surface area (Å²) >= 11 is 0. The first kappa shape index (κ1) is 7.42. The molecule has 1 atom stereocenters. The minimum atomic E-state index is -0.304. The maximum atomic E-state index is 11.0. The van der Waals surface area contributed by atoms with E-state index in [9.17, 15) is 4.79 Å². The van der Waals surface area contributed by atoms with Crippen molar-refractivity contribution in [1.82, 2.24) is 10.0 Å². The van der Waals surface area contributed by atoms with E-state index in [1.54, 1.807) is 18.3 Å². The van der Waals surface area contributed by atoms with Gasteiger partial charge in [-0.25, -0.2) is 9.80 Å². The molecular formula is C7H10N2O3. The second-order valence-electron chi connectivity index (χ2n) is 2.59. The number of amides is 1. The molecular weight excluding hydrogens is 160 g/mol. The van der Waals surface area contributed by atoms with Crippen LogP contribution in [0.3, 0.4) is 0 Å². The molecule has 0 bridgehead atoms. The standard InChI is InChI=1S/C7H10N2O3/c1-11-6-2-3-8(6)9-4-5-12-7(9)10/h2-3,6H,4-5H2,1H3. The van der Waals surface area contributed by atoms with Crippen LogP contribution in [0.15, 0.2) is 12.3 Å². The first-order valence-electron chi connectivity index (χ1n) is 3.76. The number of hydrazine groups is 1. The molecule has 0 N–H and O–H groups in total. The fraction of sp³-hybridized carbons (Fsp3) is 0.571. The Bertz CT molecular complexity index is 229. The highest BCUT2D eigenvalue weighted by atomic mass is 16.6. The monoisotopic (exact) mass is 170 g/mol. The molecule has 1 amide bonds. The smallest absolute Gasteiger partial charge is 0.429 e. The molecule has 2 rings (SSSR count). The largest absolute Gasteiger partial charge is 0.446 e. The number of hydrogen-bond acceptors (Lipinski definition) is 4. The average molecular weight is 170 g/mol. The lowest BCUT2D eigenvalue weighted by Gasteiger charge is -2.38. The second-order valence-corrected chi connectivity index (χ2v) is 2.59. The number of rotatable bonds is 2. The van der Waals surface area contributed by atoms with Crippen LogP contribution in [0.5, 0.6) is 0 Å². The van der Waals surface area contributed by atoms with Gasteiger partial charge in [0.2, 0.25) is 0 Å². The third kappa shape index (κ3) is 0.937. The van der Waals surface area contributed by atoms with Crippen LogP contribution in [0.25, 0.3) is 0 Å². The number of ether oxygens (including phenoxy) is 2. The highest BCUT2D eigenvalue weighted by Gasteiger charge is 2.33. The van der Waals surface area contributed by atoms with Gasteiger partial charge in [0.1, 0.15) is 6.61 Å². The van der Waals surface area contributed by atoms with Gasteiger partial charge in [-0.15, -0.1) is 0 Å². The Morgan fingerprint density at radius 1 is 1.75 bits per heavy atom. The molecule has 12 heavy (non-hydrogen) atoms. The van der Waals surface area contributed by atoms with Crippen LogP contribution in [-0.4, -0.2) is 42.6 Å². The number of methoxy groups -OCH3 is 1. The van der Waals surface area contributed by atoms with E-state index in [0.29, 0.717) is 13.2 Å². The van der Waals surface area contributed by atoms with Gasteiger partial charge in [-0.1, -0.05) is 0 Å². The zero-order valence-corrected chi connectivity index (χ0v) is 6.77. The SMILES string of the molecule is COC1C=CN1N1CCOC1=O. The predicted octanol–water partition coefficient (Wildman–Crippen LogP) is 0.155. The lowest BCUT2D eigenvalue weighted by Crippen LogP contribution is -2.50. The molecule has 0 aromatic carbocycles. The van der Waals surface area contributed by atoms with Gasteiger partial charge in [0, 0.05) is 13.3 Å². The second kappa shape index (κ2) is 2.67. The highest BCUT2D eigenvalue weighted by Crippen LogP contribution is 2.19. The summed E-state index contributed by atoms with van der Waals surface area (Å²) in [5.74, 6) is 0. The van der Waals surface area contributed by atoms with Crippen LogP contribution >= 0.6 is 0 Å². The van der Waals surface area contributed by atoms with E-state index in [1.807, 2.05) is 6.08 Å². The highest BCUT2D eigenvalue weighted by molar-refractivity contribution is 5.69. The molecule has 0 radical (unpaired) electrons. The van der Waals surface area contributed by atoms with E-state index in [4.69, 9.17) is 9.47 Å². The Kier molecular flexibility index (Phi) is 1.65.